The van der Waals surface area contributed by atoms with Gasteiger partial charge in [0.05, 0.1) is 12.6 Å². The first-order chi connectivity index (χ1) is 8.29. The molecule has 1 saturated heterocycles. The van der Waals surface area contributed by atoms with Crippen molar-refractivity contribution in [3.05, 3.63) is 11.7 Å². The van der Waals surface area contributed by atoms with Crippen LogP contribution in [0, 0.1) is 5.92 Å². The molecule has 5 nitrogen and oxygen atoms in total. The van der Waals surface area contributed by atoms with Gasteiger partial charge < -0.3 is 15.0 Å². The zero-order chi connectivity index (χ0) is 12.1. The smallest absolute Gasteiger partial charge is 0.226 e. The quantitative estimate of drug-likeness (QED) is 0.859. The van der Waals surface area contributed by atoms with E-state index in [1.807, 2.05) is 11.8 Å². The van der Waals surface area contributed by atoms with E-state index in [1.165, 1.54) is 24.3 Å². The highest BCUT2D eigenvalue weighted by molar-refractivity contribution is 7.99. The van der Waals surface area contributed by atoms with E-state index >= 15 is 0 Å². The number of methoxy groups -OCH3 is 1. The number of nitrogens with two attached hydrogens (primary N) is 1. The molecule has 1 unspecified atom stereocenters. The predicted octanol–water partition coefficient (Wildman–Crippen LogP) is 1.40. The van der Waals surface area contributed by atoms with Crippen LogP contribution in [0.4, 0.5) is 0 Å². The fourth-order valence-corrected chi connectivity index (χ4v) is 3.16. The average molecular weight is 257 g/mol. The van der Waals surface area contributed by atoms with Crippen molar-refractivity contribution in [2.75, 3.05) is 25.2 Å². The van der Waals surface area contributed by atoms with E-state index in [1.54, 1.807) is 7.11 Å². The first-order valence-electron chi connectivity index (χ1n) is 5.94. The summed E-state index contributed by atoms with van der Waals surface area (Å²) in [4.78, 5) is 4.33. The topological polar surface area (TPSA) is 74.2 Å². The van der Waals surface area contributed by atoms with Crippen molar-refractivity contribution < 1.29 is 9.26 Å². The lowest BCUT2D eigenvalue weighted by atomic mass is 9.99. The van der Waals surface area contributed by atoms with E-state index in [-0.39, 0.29) is 6.04 Å². The highest BCUT2D eigenvalue weighted by Gasteiger charge is 2.19. The van der Waals surface area contributed by atoms with Gasteiger partial charge in [0.2, 0.25) is 5.89 Å². The van der Waals surface area contributed by atoms with E-state index in [0.717, 1.165) is 6.42 Å². The van der Waals surface area contributed by atoms with Crippen molar-refractivity contribution in [3.8, 4) is 0 Å². The van der Waals surface area contributed by atoms with Crippen LogP contribution in [0.15, 0.2) is 4.52 Å². The molecule has 1 aliphatic heterocycles. The molecular formula is C11H19N3O2S. The molecule has 0 amide bonds. The fourth-order valence-electron chi connectivity index (χ4n) is 1.95. The van der Waals surface area contributed by atoms with Crippen molar-refractivity contribution >= 4 is 11.8 Å². The summed E-state index contributed by atoms with van der Waals surface area (Å²) >= 11 is 2.02. The zero-order valence-electron chi connectivity index (χ0n) is 10.1. The van der Waals surface area contributed by atoms with Gasteiger partial charge in [-0.1, -0.05) is 5.16 Å². The highest BCUT2D eigenvalue weighted by atomic mass is 32.2. The second-order valence-corrected chi connectivity index (χ2v) is 5.59. The number of rotatable bonds is 5. The summed E-state index contributed by atoms with van der Waals surface area (Å²) in [6.45, 7) is 0.416. The summed E-state index contributed by atoms with van der Waals surface area (Å²) in [6, 6.07) is -0.292. The molecule has 0 aromatic carbocycles. The minimum absolute atomic E-state index is 0.292. The Kier molecular flexibility index (Phi) is 4.82. The van der Waals surface area contributed by atoms with Crippen LogP contribution in [0.1, 0.15) is 30.6 Å². The summed E-state index contributed by atoms with van der Waals surface area (Å²) in [7, 11) is 1.61. The summed E-state index contributed by atoms with van der Waals surface area (Å²) < 4.78 is 10.2. The van der Waals surface area contributed by atoms with Crippen LogP contribution in [0.25, 0.3) is 0 Å². The zero-order valence-corrected chi connectivity index (χ0v) is 10.9. The normalized spacial score (nSPS) is 19.4. The number of thioether (sulfide) groups is 1. The van der Waals surface area contributed by atoms with E-state index in [4.69, 9.17) is 15.0 Å². The SMILES string of the molecule is COCC(N)c1noc(CC2CCSCC2)n1. The largest absolute Gasteiger partial charge is 0.383 e. The third-order valence-corrected chi connectivity index (χ3v) is 4.01. The van der Waals surface area contributed by atoms with Crippen LogP contribution in [0.5, 0.6) is 0 Å². The predicted molar refractivity (Wildman–Crippen MR) is 66.9 cm³/mol. The second-order valence-electron chi connectivity index (χ2n) is 4.37. The van der Waals surface area contributed by atoms with Crippen LogP contribution < -0.4 is 5.73 Å². The van der Waals surface area contributed by atoms with Crippen molar-refractivity contribution in [3.63, 3.8) is 0 Å². The Labute approximate surface area is 105 Å². The lowest BCUT2D eigenvalue weighted by molar-refractivity contribution is 0.177. The Bertz CT molecular complexity index is 339. The molecule has 17 heavy (non-hydrogen) atoms. The number of hydrogen-bond donors (Lipinski definition) is 1. The highest BCUT2D eigenvalue weighted by Crippen LogP contribution is 2.25. The van der Waals surface area contributed by atoms with Gasteiger partial charge >= 0.3 is 0 Å². The molecule has 0 radical (unpaired) electrons. The summed E-state index contributed by atoms with van der Waals surface area (Å²) in [5, 5.41) is 3.90. The number of aromatic nitrogens is 2. The molecule has 1 atom stereocenters. The molecule has 2 rings (SSSR count). The van der Waals surface area contributed by atoms with Gasteiger partial charge in [0.25, 0.3) is 0 Å². The van der Waals surface area contributed by atoms with Gasteiger partial charge in [0.1, 0.15) is 0 Å². The van der Waals surface area contributed by atoms with E-state index < -0.39 is 0 Å². The van der Waals surface area contributed by atoms with Gasteiger partial charge in [-0.3, -0.25) is 0 Å². The maximum Gasteiger partial charge on any atom is 0.226 e. The van der Waals surface area contributed by atoms with Gasteiger partial charge in [-0.2, -0.15) is 16.7 Å². The summed E-state index contributed by atoms with van der Waals surface area (Å²) in [6.07, 6.45) is 3.37. The molecule has 96 valence electrons. The Morgan fingerprint density at radius 1 is 1.53 bits per heavy atom. The van der Waals surface area contributed by atoms with E-state index in [2.05, 4.69) is 10.1 Å². The standard InChI is InChI=1S/C11H19N3O2S/c1-15-7-9(12)11-13-10(16-14-11)6-8-2-4-17-5-3-8/h8-9H,2-7,12H2,1H3. The summed E-state index contributed by atoms with van der Waals surface area (Å²) in [5.41, 5.74) is 5.84. The second kappa shape index (κ2) is 6.37. The molecule has 1 aromatic heterocycles. The fraction of sp³-hybridized carbons (Fsp3) is 0.818. The van der Waals surface area contributed by atoms with Gasteiger partial charge in [-0.25, -0.2) is 0 Å². The van der Waals surface area contributed by atoms with Crippen molar-refractivity contribution in [2.24, 2.45) is 11.7 Å². The van der Waals surface area contributed by atoms with Crippen molar-refractivity contribution in [1.29, 1.82) is 0 Å². The van der Waals surface area contributed by atoms with Crippen molar-refractivity contribution in [2.45, 2.75) is 25.3 Å². The van der Waals surface area contributed by atoms with Crippen LogP contribution >= 0.6 is 11.8 Å². The molecule has 0 saturated carbocycles. The Balaban J connectivity index is 1.88. The molecule has 1 fully saturated rings. The van der Waals surface area contributed by atoms with Gasteiger partial charge in [0, 0.05) is 13.5 Å². The Morgan fingerprint density at radius 3 is 3.00 bits per heavy atom. The van der Waals surface area contributed by atoms with Crippen LogP contribution in [0.2, 0.25) is 0 Å². The first-order valence-corrected chi connectivity index (χ1v) is 7.10. The first kappa shape index (κ1) is 12.9. The number of ether oxygens (including phenoxy) is 1. The molecule has 0 spiro atoms. The van der Waals surface area contributed by atoms with Crippen LogP contribution in [-0.2, 0) is 11.2 Å². The third kappa shape index (κ3) is 3.69. The minimum atomic E-state index is -0.292. The lowest BCUT2D eigenvalue weighted by Crippen LogP contribution is -2.18. The molecule has 1 aromatic rings. The van der Waals surface area contributed by atoms with E-state index in [9.17, 15) is 0 Å². The molecule has 0 bridgehead atoms. The molecule has 2 N–H and O–H groups in total. The Hall–Kier alpha value is -0.590. The van der Waals surface area contributed by atoms with Gasteiger partial charge in [-0.15, -0.1) is 0 Å². The van der Waals surface area contributed by atoms with Gasteiger partial charge in [0.15, 0.2) is 5.82 Å². The van der Waals surface area contributed by atoms with Crippen LogP contribution in [0.3, 0.4) is 0 Å². The number of hydrogen-bond acceptors (Lipinski definition) is 6. The molecular weight excluding hydrogens is 238 g/mol. The Morgan fingerprint density at radius 2 is 2.29 bits per heavy atom. The minimum Gasteiger partial charge on any atom is -0.383 e. The monoisotopic (exact) mass is 257 g/mol. The average Bonchev–Trinajstić information content (AvgIpc) is 2.79. The molecule has 1 aliphatic rings. The third-order valence-electron chi connectivity index (χ3n) is 2.97. The maximum absolute atomic E-state index is 5.84. The molecule has 0 aliphatic carbocycles. The van der Waals surface area contributed by atoms with Crippen molar-refractivity contribution in [1.82, 2.24) is 10.1 Å². The van der Waals surface area contributed by atoms with Gasteiger partial charge in [-0.05, 0) is 30.3 Å². The van der Waals surface area contributed by atoms with E-state index in [0.29, 0.717) is 24.2 Å². The summed E-state index contributed by atoms with van der Waals surface area (Å²) in [5.74, 6) is 4.43. The lowest BCUT2D eigenvalue weighted by Gasteiger charge is -2.19. The molecule has 2 heterocycles. The van der Waals surface area contributed by atoms with Crippen LogP contribution in [-0.4, -0.2) is 35.4 Å². The maximum atomic E-state index is 5.84. The molecule has 6 heteroatoms. The number of nitrogens with zero attached hydrogens (tertiary/aromatic N) is 2.